The van der Waals surface area contributed by atoms with Crippen molar-refractivity contribution in [1.29, 1.82) is 0 Å². The van der Waals surface area contributed by atoms with E-state index in [1.807, 2.05) is 317 Å². The smallest absolute Gasteiger partial charge is 0.360 e. The number of esters is 2. The molecular weight excluding hydrogens is 1280 g/mol. The molecule has 2 heterocycles. The number of halogens is 2. The van der Waals surface area contributed by atoms with E-state index in [2.05, 4.69) is 30.5 Å². The highest BCUT2D eigenvalue weighted by molar-refractivity contribution is 9.09. The van der Waals surface area contributed by atoms with E-state index in [1.54, 1.807) is 32.0 Å². The van der Waals surface area contributed by atoms with Gasteiger partial charge in [0.15, 0.2) is 0 Å². The lowest BCUT2D eigenvalue weighted by atomic mass is 10.1. The number of ether oxygens (including phenoxy) is 3. The van der Waals surface area contributed by atoms with E-state index in [0.717, 1.165) is 67.3 Å². The fraction of sp³-hybridized carbons (Fsp3) is 0.321. The standard InChI is InChI=1S/C24H22N2O3.C14H12N2O.C10H11BrO2.C7H5ClO3.C7H10N2.8C2H6/c1-3-28-24(27)22(17-11-5-4-6-12-17)29-21-16-10-7-13-18(21)23-25-19-14-8-9-15-20(19)26(23)2;1-16-12-8-4-3-7-11(12)15-14(16)10-6-2-5-9-13(10)17;1-2-13-10(12)9(11)8-6-4-3-5-7-8;8-11-7(10)5-3-1-2-4-6(5)9;1-9-7-5-3-2-4-6(7)8;8*1-2/h4-16,22H,3H2,1-2H3;2-9,17H,1H3;3-7,9H,2H2,1H3;1-4,9H;2-5,9H,8H2,1H3;8*1-2H3. The summed E-state index contributed by atoms with van der Waals surface area (Å²) in [5.41, 5.74) is 14.6. The van der Waals surface area contributed by atoms with Crippen LogP contribution in [0.1, 0.15) is 157 Å². The monoisotopic (exact) mass is 1390 g/mol. The number of nitrogen functional groups attached to an aromatic ring is 1. The molecule has 0 bridgehead atoms. The average Bonchev–Trinajstić information content (AvgIpc) is 1.67. The molecule has 10 rings (SSSR count). The lowest BCUT2D eigenvalue weighted by molar-refractivity contribution is -0.151. The molecule has 17 heteroatoms. The van der Waals surface area contributed by atoms with Crippen molar-refractivity contribution in [2.45, 2.75) is 136 Å². The number of para-hydroxylation sites is 9. The minimum Gasteiger partial charge on any atom is -0.507 e. The van der Waals surface area contributed by atoms with E-state index in [4.69, 9.17) is 41.9 Å². The average molecular weight is 1390 g/mol. The SMILES string of the molecule is CC.CC.CC.CC.CC.CC.CC.CC.CCOC(=O)C(Br)c1ccccc1.CCOC(=O)C(Oc1ccccc1-c1nc2ccccc2n1C)c1ccccc1.CNc1ccccc1N.Cn1c(-c2ccccc2O)nc2ccccc21.O=C(OCl)c1ccccc1O. The first-order chi connectivity index (χ1) is 46.3. The third-order valence-electron chi connectivity index (χ3n) is 11.7. The summed E-state index contributed by atoms with van der Waals surface area (Å²) in [6, 6.07) is 63.3. The zero-order valence-corrected chi connectivity index (χ0v) is 62.4. The van der Waals surface area contributed by atoms with Crippen LogP contribution in [-0.2, 0) is 37.4 Å². The van der Waals surface area contributed by atoms with Crippen LogP contribution in [0.2, 0.25) is 0 Å². The Hall–Kier alpha value is -9.12. The Morgan fingerprint density at radius 1 is 0.495 bits per heavy atom. The van der Waals surface area contributed by atoms with Crippen molar-refractivity contribution in [2.24, 2.45) is 14.1 Å². The van der Waals surface area contributed by atoms with Crippen molar-refractivity contribution in [3.8, 4) is 40.0 Å². The quantitative estimate of drug-likeness (QED) is 0.0512. The maximum absolute atomic E-state index is 12.6. The van der Waals surface area contributed by atoms with E-state index in [-0.39, 0.29) is 34.5 Å². The fourth-order valence-corrected chi connectivity index (χ4v) is 8.32. The number of nitrogens with one attached hydrogen (secondary N) is 1. The molecular formula is C78H108BrClN6O9. The lowest BCUT2D eigenvalue weighted by Gasteiger charge is -2.20. The van der Waals surface area contributed by atoms with Gasteiger partial charge in [0.1, 0.15) is 51.2 Å². The zero-order chi connectivity index (χ0) is 72.7. The van der Waals surface area contributed by atoms with E-state index < -0.39 is 18.0 Å². The number of imidazole rings is 2. The van der Waals surface area contributed by atoms with E-state index in [9.17, 15) is 19.5 Å². The number of aromatic hydroxyl groups is 2. The van der Waals surface area contributed by atoms with Crippen molar-refractivity contribution in [1.82, 2.24) is 19.1 Å². The van der Waals surface area contributed by atoms with E-state index in [1.165, 1.54) is 12.1 Å². The zero-order valence-electron chi connectivity index (χ0n) is 60.1. The number of carbonyl (C=O) groups is 3. The number of carbonyl (C=O) groups excluding carboxylic acids is 3. The van der Waals surface area contributed by atoms with Crippen LogP contribution in [0.15, 0.2) is 206 Å². The van der Waals surface area contributed by atoms with Gasteiger partial charge in [-0.1, -0.05) is 260 Å². The number of phenolic OH excluding ortho intramolecular Hbond substituents is 2. The predicted octanol–water partition coefficient (Wildman–Crippen LogP) is 21.8. The molecule has 0 saturated heterocycles. The Kier molecular flexibility index (Phi) is 53.5. The molecule has 5 N–H and O–H groups in total. The minimum absolute atomic E-state index is 0.0579. The van der Waals surface area contributed by atoms with Crippen LogP contribution in [0, 0.1) is 0 Å². The second-order valence-corrected chi connectivity index (χ2v) is 18.0. The molecule has 15 nitrogen and oxygen atoms in total. The molecule has 0 amide bonds. The summed E-state index contributed by atoms with van der Waals surface area (Å²) < 4.78 is 24.3. The Labute approximate surface area is 582 Å². The van der Waals surface area contributed by atoms with Gasteiger partial charge in [0, 0.05) is 26.7 Å². The van der Waals surface area contributed by atoms with Crippen molar-refractivity contribution in [2.75, 3.05) is 31.3 Å². The highest BCUT2D eigenvalue weighted by atomic mass is 79.9. The third kappa shape index (κ3) is 30.2. The summed E-state index contributed by atoms with van der Waals surface area (Å²) in [4.78, 5) is 43.6. The maximum Gasteiger partial charge on any atom is 0.360 e. The van der Waals surface area contributed by atoms with Crippen molar-refractivity contribution >= 4 is 79.1 Å². The summed E-state index contributed by atoms with van der Waals surface area (Å²) in [6.07, 6.45) is -0.855. The van der Waals surface area contributed by atoms with Crippen LogP contribution in [-0.4, -0.2) is 67.5 Å². The van der Waals surface area contributed by atoms with Crippen LogP contribution in [0.4, 0.5) is 11.4 Å². The summed E-state index contributed by atoms with van der Waals surface area (Å²) in [5.74, 6) is 0.829. The molecule has 518 valence electrons. The topological polar surface area (TPSA) is 202 Å². The van der Waals surface area contributed by atoms with Gasteiger partial charge in [0.2, 0.25) is 6.10 Å². The third-order valence-corrected chi connectivity index (χ3v) is 12.7. The van der Waals surface area contributed by atoms with Gasteiger partial charge in [0.25, 0.3) is 0 Å². The van der Waals surface area contributed by atoms with Crippen molar-refractivity contribution in [3.63, 3.8) is 0 Å². The Morgan fingerprint density at radius 2 is 0.874 bits per heavy atom. The van der Waals surface area contributed by atoms with E-state index in [0.29, 0.717) is 12.4 Å². The first-order valence-corrected chi connectivity index (χ1v) is 34.1. The van der Waals surface area contributed by atoms with Gasteiger partial charge in [-0.2, -0.15) is 0 Å². The normalized spacial score (nSPS) is 9.67. The van der Waals surface area contributed by atoms with Crippen molar-refractivity contribution < 1.29 is 43.1 Å². The molecule has 0 aliphatic carbocycles. The first-order valence-electron chi connectivity index (χ1n) is 32.9. The molecule has 95 heavy (non-hydrogen) atoms. The predicted molar refractivity (Wildman–Crippen MR) is 406 cm³/mol. The molecule has 2 aromatic heterocycles. The number of alkyl halides is 1. The molecule has 2 atom stereocenters. The lowest BCUT2D eigenvalue weighted by Crippen LogP contribution is -2.21. The molecule has 2 unspecified atom stereocenters. The molecule has 0 fully saturated rings. The molecule has 0 radical (unpaired) electrons. The minimum atomic E-state index is -0.855. The number of nitrogens with two attached hydrogens (primary N) is 1. The molecule has 0 aliphatic heterocycles. The Balaban J connectivity index is -0.00000111. The summed E-state index contributed by atoms with van der Waals surface area (Å²) in [7, 11) is 5.78. The van der Waals surface area contributed by atoms with Crippen LogP contribution < -0.4 is 15.8 Å². The number of rotatable bonds is 12. The summed E-state index contributed by atoms with van der Waals surface area (Å²) in [5, 5.41) is 21.9. The molecule has 0 aliphatic rings. The highest BCUT2D eigenvalue weighted by Crippen LogP contribution is 2.35. The Morgan fingerprint density at radius 3 is 1.31 bits per heavy atom. The number of hydrogen-bond acceptors (Lipinski definition) is 13. The number of benzene rings is 8. The number of aryl methyl sites for hydroxylation is 2. The number of anilines is 2. The van der Waals surface area contributed by atoms with Gasteiger partial charge < -0.3 is 48.9 Å². The van der Waals surface area contributed by atoms with Gasteiger partial charge >= 0.3 is 17.9 Å². The summed E-state index contributed by atoms with van der Waals surface area (Å²) >= 11 is 8.08. The fourth-order valence-electron chi connectivity index (χ4n) is 7.80. The maximum atomic E-state index is 12.6. The van der Waals surface area contributed by atoms with Crippen LogP contribution in [0.3, 0.4) is 0 Å². The number of nitrogens with zero attached hydrogens (tertiary/aromatic N) is 4. The van der Waals surface area contributed by atoms with Gasteiger partial charge in [-0.15, -0.1) is 0 Å². The second-order valence-electron chi connectivity index (χ2n) is 16.9. The number of phenols is 2. The number of hydrogen-bond donors (Lipinski definition) is 4. The molecule has 0 spiro atoms. The first kappa shape index (κ1) is 90.1. The van der Waals surface area contributed by atoms with Crippen molar-refractivity contribution in [3.05, 3.63) is 223 Å². The number of aromatic nitrogens is 4. The van der Waals surface area contributed by atoms with Crippen LogP contribution in [0.25, 0.3) is 44.8 Å². The summed E-state index contributed by atoms with van der Waals surface area (Å²) in [6.45, 7) is 36.3. The van der Waals surface area contributed by atoms with Gasteiger partial charge in [0.05, 0.1) is 57.8 Å². The second kappa shape index (κ2) is 56.4. The van der Waals surface area contributed by atoms with E-state index >= 15 is 0 Å². The highest BCUT2D eigenvalue weighted by Gasteiger charge is 2.26. The largest absolute Gasteiger partial charge is 0.507 e. The number of fused-ring (bicyclic) bond motifs is 2. The van der Waals surface area contributed by atoms with Crippen LogP contribution in [0.5, 0.6) is 17.2 Å². The van der Waals surface area contributed by atoms with Gasteiger partial charge in [-0.25, -0.2) is 19.6 Å². The van der Waals surface area contributed by atoms with Crippen LogP contribution >= 0.6 is 27.8 Å². The molecule has 0 saturated carbocycles. The Bertz CT molecular complexity index is 3570. The molecule has 10 aromatic rings. The molecule has 8 aromatic carbocycles. The van der Waals surface area contributed by atoms with Gasteiger partial charge in [-0.05, 0) is 92.2 Å². The van der Waals surface area contributed by atoms with Gasteiger partial charge in [-0.3, -0.25) is 4.79 Å².